The molecule has 2 saturated heterocycles. The number of nitrogens with zero attached hydrogens (tertiary/aromatic N) is 1. The summed E-state index contributed by atoms with van der Waals surface area (Å²) >= 11 is 5.66. The third-order valence-electron chi connectivity index (χ3n) is 6.59. The van der Waals surface area contributed by atoms with Gasteiger partial charge in [-0.1, -0.05) is 11.6 Å². The number of carbonyl (C=O) groups excluding carboxylic acids is 1. The second-order valence-corrected chi connectivity index (χ2v) is 9.49. The van der Waals surface area contributed by atoms with Crippen molar-refractivity contribution in [3.05, 3.63) is 29.0 Å². The van der Waals surface area contributed by atoms with Crippen molar-refractivity contribution in [2.75, 3.05) is 26.2 Å². The molecule has 1 amide bonds. The maximum absolute atomic E-state index is 13.5. The fourth-order valence-corrected chi connectivity index (χ4v) is 5.63. The summed E-state index contributed by atoms with van der Waals surface area (Å²) in [5, 5.41) is 14.2. The minimum absolute atomic E-state index is 0.0336. The molecule has 1 aromatic carbocycles. The number of nitrogens with one attached hydrogen (secondary N) is 4. The van der Waals surface area contributed by atoms with Crippen molar-refractivity contribution in [3.8, 4) is 5.75 Å². The second kappa shape index (κ2) is 7.06. The number of halogens is 2. The molecule has 3 atom stereocenters. The highest BCUT2D eigenvalue weighted by Gasteiger charge is 2.69. The van der Waals surface area contributed by atoms with Crippen LogP contribution in [-0.2, 0) is 4.79 Å². The summed E-state index contributed by atoms with van der Waals surface area (Å²) in [6, 6.07) is 4.67. The van der Waals surface area contributed by atoms with Gasteiger partial charge in [-0.2, -0.15) is 0 Å². The molecule has 7 nitrogen and oxygen atoms in total. The number of fused-ring (bicyclic) bond motifs is 1. The first kappa shape index (κ1) is 19.5. The van der Waals surface area contributed by atoms with Gasteiger partial charge in [-0.05, 0) is 38.3 Å². The number of benzene rings is 1. The Kier molecular flexibility index (Phi) is 4.75. The molecule has 0 spiro atoms. The minimum Gasteiger partial charge on any atom is -0.484 e. The van der Waals surface area contributed by atoms with Crippen molar-refractivity contribution >= 4 is 17.5 Å². The van der Waals surface area contributed by atoms with Gasteiger partial charge < -0.3 is 10.1 Å². The first-order valence-corrected chi connectivity index (χ1v) is 10.6. The molecule has 0 radical (unpaired) electrons. The van der Waals surface area contributed by atoms with E-state index in [1.54, 1.807) is 6.07 Å². The Morgan fingerprint density at radius 3 is 2.93 bits per heavy atom. The van der Waals surface area contributed by atoms with E-state index in [9.17, 15) is 9.18 Å². The number of hydrogen-bond donors (Lipinski definition) is 4. The summed E-state index contributed by atoms with van der Waals surface area (Å²) in [6.07, 6.45) is 3.35. The Morgan fingerprint density at radius 1 is 1.38 bits per heavy atom. The van der Waals surface area contributed by atoms with Crippen LogP contribution in [0.15, 0.2) is 18.2 Å². The van der Waals surface area contributed by atoms with E-state index in [2.05, 4.69) is 33.1 Å². The van der Waals surface area contributed by atoms with Crippen molar-refractivity contribution < 1.29 is 13.9 Å². The van der Waals surface area contributed by atoms with Crippen LogP contribution in [0.2, 0.25) is 5.02 Å². The average Bonchev–Trinajstić information content (AvgIpc) is 3.01. The lowest BCUT2D eigenvalue weighted by Gasteiger charge is -2.71. The predicted octanol–water partition coefficient (Wildman–Crippen LogP) is 0.788. The standard InChI is InChI=1S/C20H27ClFN5O2/c1-12-7-27-5-4-23-17(18(27)24-12)26-20-9-19(10-20,11-20)25-16(28)8-29-13-2-3-14(21)15(22)6-13/h2-3,6,12,17-18,23-24,26H,4-5,7-11H2,1H3,(H,25,28). The fraction of sp³-hybridized carbons (Fsp3) is 0.650. The quantitative estimate of drug-likeness (QED) is 0.542. The Morgan fingerprint density at radius 2 is 2.17 bits per heavy atom. The summed E-state index contributed by atoms with van der Waals surface area (Å²) in [7, 11) is 0. The van der Waals surface area contributed by atoms with E-state index in [0.29, 0.717) is 18.0 Å². The minimum atomic E-state index is -0.557. The fourth-order valence-electron chi connectivity index (χ4n) is 5.51. The number of hydrogen-bond acceptors (Lipinski definition) is 6. The number of amides is 1. The number of piperazine rings is 1. The molecule has 6 rings (SSSR count). The predicted molar refractivity (Wildman–Crippen MR) is 107 cm³/mol. The molecule has 3 unspecified atom stereocenters. The largest absolute Gasteiger partial charge is 0.484 e. The van der Waals surface area contributed by atoms with Gasteiger partial charge in [0.05, 0.1) is 17.4 Å². The molecule has 2 aliphatic heterocycles. The van der Waals surface area contributed by atoms with Crippen LogP contribution in [0.1, 0.15) is 26.2 Å². The van der Waals surface area contributed by atoms with Crippen LogP contribution in [0.5, 0.6) is 5.75 Å². The third kappa shape index (κ3) is 3.61. The molecule has 5 fully saturated rings. The van der Waals surface area contributed by atoms with Crippen LogP contribution in [0, 0.1) is 5.82 Å². The first-order valence-electron chi connectivity index (χ1n) is 10.3. The zero-order valence-corrected chi connectivity index (χ0v) is 17.2. The molecule has 9 heteroatoms. The Bertz CT molecular complexity index is 804. The molecule has 0 aromatic heterocycles. The van der Waals surface area contributed by atoms with E-state index >= 15 is 0 Å². The van der Waals surface area contributed by atoms with E-state index in [1.807, 2.05) is 0 Å². The zero-order chi connectivity index (χ0) is 20.2. The van der Waals surface area contributed by atoms with Crippen molar-refractivity contribution in [1.82, 2.24) is 26.2 Å². The normalized spacial score (nSPS) is 38.0. The Labute approximate surface area is 174 Å². The van der Waals surface area contributed by atoms with E-state index in [1.165, 1.54) is 12.1 Å². The van der Waals surface area contributed by atoms with Gasteiger partial charge in [0.15, 0.2) is 6.61 Å². The third-order valence-corrected chi connectivity index (χ3v) is 6.90. The van der Waals surface area contributed by atoms with Gasteiger partial charge in [0.2, 0.25) is 0 Å². The summed E-state index contributed by atoms with van der Waals surface area (Å²) in [5.74, 6) is -0.441. The van der Waals surface area contributed by atoms with Gasteiger partial charge in [-0.25, -0.2) is 4.39 Å². The molecule has 2 heterocycles. The summed E-state index contributed by atoms with van der Waals surface area (Å²) in [4.78, 5) is 14.8. The Balaban J connectivity index is 1.09. The first-order chi connectivity index (χ1) is 13.9. The molecule has 3 saturated carbocycles. The molecule has 2 bridgehead atoms. The van der Waals surface area contributed by atoms with Crippen molar-refractivity contribution in [3.63, 3.8) is 0 Å². The van der Waals surface area contributed by atoms with E-state index < -0.39 is 5.82 Å². The van der Waals surface area contributed by atoms with Crippen LogP contribution in [0.4, 0.5) is 4.39 Å². The molecule has 158 valence electrons. The second-order valence-electron chi connectivity index (χ2n) is 9.09. The number of rotatable bonds is 6. The van der Waals surface area contributed by atoms with Crippen molar-refractivity contribution in [1.29, 1.82) is 0 Å². The molecule has 3 aliphatic carbocycles. The van der Waals surface area contributed by atoms with Crippen LogP contribution in [-0.4, -0.2) is 66.5 Å². The van der Waals surface area contributed by atoms with Crippen molar-refractivity contribution in [2.24, 2.45) is 0 Å². The van der Waals surface area contributed by atoms with Crippen LogP contribution in [0.3, 0.4) is 0 Å². The van der Waals surface area contributed by atoms with Gasteiger partial charge in [0.1, 0.15) is 11.6 Å². The monoisotopic (exact) mass is 423 g/mol. The van der Waals surface area contributed by atoms with Gasteiger partial charge >= 0.3 is 0 Å². The number of ether oxygens (including phenoxy) is 1. The molecule has 29 heavy (non-hydrogen) atoms. The highest BCUT2D eigenvalue weighted by atomic mass is 35.5. The highest BCUT2D eigenvalue weighted by molar-refractivity contribution is 6.30. The summed E-state index contributed by atoms with van der Waals surface area (Å²) in [5.41, 5.74) is -0.00886. The lowest BCUT2D eigenvalue weighted by molar-refractivity contribution is -0.147. The van der Waals surface area contributed by atoms with Crippen molar-refractivity contribution in [2.45, 2.75) is 55.6 Å². The molecular weight excluding hydrogens is 397 g/mol. The summed E-state index contributed by atoms with van der Waals surface area (Å²) in [6.45, 7) is 5.25. The highest BCUT2D eigenvalue weighted by Crippen LogP contribution is 2.60. The van der Waals surface area contributed by atoms with Crippen LogP contribution >= 0.6 is 11.6 Å². The smallest absolute Gasteiger partial charge is 0.258 e. The lowest BCUT2D eigenvalue weighted by Crippen LogP contribution is -2.86. The van der Waals surface area contributed by atoms with Gasteiger partial charge in [0.25, 0.3) is 5.91 Å². The van der Waals surface area contributed by atoms with Gasteiger partial charge in [-0.3, -0.25) is 25.6 Å². The number of carbonyl (C=O) groups is 1. The van der Waals surface area contributed by atoms with Crippen LogP contribution in [0.25, 0.3) is 0 Å². The van der Waals surface area contributed by atoms with E-state index in [0.717, 1.165) is 38.9 Å². The SMILES string of the molecule is CC1CN2CCNC(NC34CC(NC(=O)COc5ccc(Cl)c(F)c5)(C3)C4)C2N1. The topological polar surface area (TPSA) is 77.7 Å². The molecular formula is C20H27ClFN5O2. The zero-order valence-electron chi connectivity index (χ0n) is 16.4. The Hall–Kier alpha value is -1.45. The molecule has 4 N–H and O–H groups in total. The molecule has 1 aromatic rings. The van der Waals surface area contributed by atoms with E-state index in [-0.39, 0.29) is 34.8 Å². The van der Waals surface area contributed by atoms with Gasteiger partial charge in [0, 0.05) is 42.8 Å². The van der Waals surface area contributed by atoms with E-state index in [4.69, 9.17) is 16.3 Å². The maximum Gasteiger partial charge on any atom is 0.258 e. The summed E-state index contributed by atoms with van der Waals surface area (Å²) < 4.78 is 18.8. The lowest BCUT2D eigenvalue weighted by atomic mass is 9.44. The average molecular weight is 424 g/mol. The van der Waals surface area contributed by atoms with Crippen LogP contribution < -0.4 is 26.0 Å². The maximum atomic E-state index is 13.5. The molecule has 5 aliphatic rings. The van der Waals surface area contributed by atoms with Gasteiger partial charge in [-0.15, -0.1) is 0 Å².